The number of rotatable bonds is 5. The van der Waals surface area contributed by atoms with Gasteiger partial charge in [0.1, 0.15) is 0 Å². The van der Waals surface area contributed by atoms with E-state index in [4.69, 9.17) is 10.8 Å². The third kappa shape index (κ3) is 3.88. The van der Waals surface area contributed by atoms with E-state index in [1.54, 1.807) is 6.92 Å². The minimum Gasteiger partial charge on any atom is -0.481 e. The van der Waals surface area contributed by atoms with Crippen LogP contribution in [0, 0.1) is 0 Å². The van der Waals surface area contributed by atoms with Crippen LogP contribution in [0.3, 0.4) is 0 Å². The summed E-state index contributed by atoms with van der Waals surface area (Å²) in [7, 11) is 0. The Hall–Kier alpha value is -1.16. The normalized spacial score (nSPS) is 12.2. The maximum absolute atomic E-state index is 11.0. The van der Waals surface area contributed by atoms with Crippen LogP contribution >= 0.6 is 0 Å². The number of aliphatic carboxylic acids is 1. The summed E-state index contributed by atoms with van der Waals surface area (Å²) in [6, 6.07) is -0.724. The minimum atomic E-state index is -0.944. The molecular weight excluding hydrogens is 158 g/mol. The summed E-state index contributed by atoms with van der Waals surface area (Å²) in [5.41, 5.74) is 5.76. The molecule has 1 atom stereocenters. The van der Waals surface area contributed by atoms with Gasteiger partial charge >= 0.3 is 5.97 Å². The molecule has 4 heteroatoms. The van der Waals surface area contributed by atoms with E-state index in [0.29, 0.717) is 5.57 Å². The van der Waals surface area contributed by atoms with Gasteiger partial charge in [-0.3, -0.25) is 9.59 Å². The zero-order valence-corrected chi connectivity index (χ0v) is 7.04. The summed E-state index contributed by atoms with van der Waals surface area (Å²) in [6.07, 6.45) is 0.0845. The van der Waals surface area contributed by atoms with Gasteiger partial charge in [0, 0.05) is 6.42 Å². The molecule has 0 aliphatic carbocycles. The molecule has 0 amide bonds. The second-order valence-corrected chi connectivity index (χ2v) is 2.68. The highest BCUT2D eigenvalue weighted by molar-refractivity contribution is 5.98. The molecule has 0 aromatic rings. The van der Waals surface area contributed by atoms with Gasteiger partial charge in [0.25, 0.3) is 0 Å². The van der Waals surface area contributed by atoms with Gasteiger partial charge in [0.15, 0.2) is 5.78 Å². The molecule has 0 bridgehead atoms. The summed E-state index contributed by atoms with van der Waals surface area (Å²) in [5, 5.41) is 8.29. The lowest BCUT2D eigenvalue weighted by Gasteiger charge is -2.07. The summed E-state index contributed by atoms with van der Waals surface area (Å²) < 4.78 is 0. The monoisotopic (exact) mass is 171 g/mol. The Balaban J connectivity index is 3.87. The minimum absolute atomic E-state index is 0.0831. The molecular formula is C8H13NO3. The molecule has 0 heterocycles. The van der Waals surface area contributed by atoms with Crippen molar-refractivity contribution in [3.05, 3.63) is 12.2 Å². The number of hydrogen-bond donors (Lipinski definition) is 2. The fourth-order valence-corrected chi connectivity index (χ4v) is 0.727. The van der Waals surface area contributed by atoms with Crippen molar-refractivity contribution in [1.29, 1.82) is 0 Å². The quantitative estimate of drug-likeness (QED) is 0.584. The maximum atomic E-state index is 11.0. The van der Waals surface area contributed by atoms with Crippen LogP contribution in [0.2, 0.25) is 0 Å². The third-order valence-corrected chi connectivity index (χ3v) is 1.43. The van der Waals surface area contributed by atoms with Crippen molar-refractivity contribution in [1.82, 2.24) is 0 Å². The molecule has 3 N–H and O–H groups in total. The zero-order chi connectivity index (χ0) is 9.72. The number of carboxylic acids is 1. The second-order valence-electron chi connectivity index (χ2n) is 2.68. The van der Waals surface area contributed by atoms with Crippen molar-refractivity contribution in [2.75, 3.05) is 0 Å². The van der Waals surface area contributed by atoms with Crippen LogP contribution in [0.5, 0.6) is 0 Å². The van der Waals surface area contributed by atoms with Gasteiger partial charge < -0.3 is 10.8 Å². The van der Waals surface area contributed by atoms with Gasteiger partial charge in [-0.05, 0) is 18.9 Å². The van der Waals surface area contributed by atoms with Crippen molar-refractivity contribution in [2.24, 2.45) is 5.73 Å². The van der Waals surface area contributed by atoms with Gasteiger partial charge in [-0.15, -0.1) is 0 Å². The highest BCUT2D eigenvalue weighted by Gasteiger charge is 2.14. The Morgan fingerprint density at radius 1 is 1.58 bits per heavy atom. The zero-order valence-electron chi connectivity index (χ0n) is 7.04. The molecule has 0 aromatic carbocycles. The van der Waals surface area contributed by atoms with Gasteiger partial charge in [0.2, 0.25) is 0 Å². The topological polar surface area (TPSA) is 80.4 Å². The Bertz CT molecular complexity index is 210. The average Bonchev–Trinajstić information content (AvgIpc) is 1.98. The van der Waals surface area contributed by atoms with Gasteiger partial charge in [-0.2, -0.15) is 0 Å². The number of nitrogens with two attached hydrogens (primary N) is 1. The first-order valence-electron chi connectivity index (χ1n) is 3.62. The highest BCUT2D eigenvalue weighted by Crippen LogP contribution is 2.01. The third-order valence-electron chi connectivity index (χ3n) is 1.43. The van der Waals surface area contributed by atoms with Crippen molar-refractivity contribution in [3.8, 4) is 0 Å². The average molecular weight is 171 g/mol. The summed E-state index contributed by atoms with van der Waals surface area (Å²) >= 11 is 0. The number of carboxylic acid groups (broad SMARTS) is 1. The van der Waals surface area contributed by atoms with Crippen LogP contribution < -0.4 is 5.73 Å². The predicted molar refractivity (Wildman–Crippen MR) is 44.7 cm³/mol. The largest absolute Gasteiger partial charge is 0.481 e. The highest BCUT2D eigenvalue weighted by atomic mass is 16.4. The summed E-state index contributed by atoms with van der Waals surface area (Å²) in [5.74, 6) is -1.21. The van der Waals surface area contributed by atoms with Crippen molar-refractivity contribution in [2.45, 2.75) is 25.8 Å². The van der Waals surface area contributed by atoms with Crippen molar-refractivity contribution < 1.29 is 14.7 Å². The van der Waals surface area contributed by atoms with Crippen LogP contribution in [-0.2, 0) is 9.59 Å². The Morgan fingerprint density at radius 3 is 2.42 bits per heavy atom. The number of hydrogen-bond acceptors (Lipinski definition) is 3. The first-order chi connectivity index (χ1) is 5.45. The second kappa shape index (κ2) is 4.66. The first kappa shape index (κ1) is 10.8. The van der Waals surface area contributed by atoms with E-state index in [9.17, 15) is 9.59 Å². The lowest BCUT2D eigenvalue weighted by atomic mass is 10.0. The Kier molecular flexibility index (Phi) is 4.21. The molecule has 0 fully saturated rings. The number of carbonyl (C=O) groups excluding carboxylic acids is 1. The Labute approximate surface area is 71.1 Å². The molecule has 4 nitrogen and oxygen atoms in total. The van der Waals surface area contributed by atoms with Crippen LogP contribution in [0.25, 0.3) is 0 Å². The van der Waals surface area contributed by atoms with E-state index >= 15 is 0 Å². The number of carbonyl (C=O) groups is 2. The van der Waals surface area contributed by atoms with Gasteiger partial charge in [-0.25, -0.2) is 0 Å². The van der Waals surface area contributed by atoms with E-state index in [1.165, 1.54) is 0 Å². The van der Waals surface area contributed by atoms with E-state index in [-0.39, 0.29) is 18.6 Å². The van der Waals surface area contributed by atoms with Gasteiger partial charge in [-0.1, -0.05) is 6.58 Å². The molecule has 0 aromatic heterocycles. The van der Waals surface area contributed by atoms with Crippen LogP contribution in [-0.4, -0.2) is 22.9 Å². The van der Waals surface area contributed by atoms with E-state index in [1.807, 2.05) is 0 Å². The van der Waals surface area contributed by atoms with E-state index in [2.05, 4.69) is 6.58 Å². The molecule has 68 valence electrons. The SMILES string of the molecule is C=C(C)C(=O)[C@@H](N)CCC(=O)O. The number of ketones is 1. The lowest BCUT2D eigenvalue weighted by molar-refractivity contribution is -0.137. The standard InChI is InChI=1S/C8H13NO3/c1-5(2)8(12)6(9)3-4-7(10)11/h6H,1,3-4,9H2,2H3,(H,10,11)/t6-/m0/s1. The molecule has 0 rings (SSSR count). The fraction of sp³-hybridized carbons (Fsp3) is 0.500. The molecule has 0 aliphatic rings. The van der Waals surface area contributed by atoms with Gasteiger partial charge in [0.05, 0.1) is 6.04 Å². The molecule has 0 radical (unpaired) electrons. The fourth-order valence-electron chi connectivity index (χ4n) is 0.727. The molecule has 0 saturated carbocycles. The molecule has 0 spiro atoms. The Morgan fingerprint density at radius 2 is 2.08 bits per heavy atom. The van der Waals surface area contributed by atoms with E-state index in [0.717, 1.165) is 0 Å². The molecule has 12 heavy (non-hydrogen) atoms. The van der Waals surface area contributed by atoms with Crippen molar-refractivity contribution >= 4 is 11.8 Å². The molecule has 0 unspecified atom stereocenters. The van der Waals surface area contributed by atoms with Crippen LogP contribution in [0.4, 0.5) is 0 Å². The van der Waals surface area contributed by atoms with Crippen LogP contribution in [0.15, 0.2) is 12.2 Å². The summed E-state index contributed by atoms with van der Waals surface area (Å²) in [4.78, 5) is 21.1. The molecule has 0 saturated heterocycles. The lowest BCUT2D eigenvalue weighted by Crippen LogP contribution is -2.31. The maximum Gasteiger partial charge on any atom is 0.303 e. The summed E-state index contributed by atoms with van der Waals surface area (Å²) in [6.45, 7) is 4.98. The van der Waals surface area contributed by atoms with E-state index < -0.39 is 12.0 Å². The first-order valence-corrected chi connectivity index (χ1v) is 3.62. The van der Waals surface area contributed by atoms with Crippen LogP contribution in [0.1, 0.15) is 19.8 Å². The number of Topliss-reactive ketones (excluding diaryl/α,β-unsaturated/α-hetero) is 1. The predicted octanol–water partition coefficient (Wildman–Crippen LogP) is 0.324. The molecule has 0 aliphatic heterocycles. The van der Waals surface area contributed by atoms with Crippen molar-refractivity contribution in [3.63, 3.8) is 0 Å². The smallest absolute Gasteiger partial charge is 0.303 e.